The van der Waals surface area contributed by atoms with Crippen molar-refractivity contribution in [2.75, 3.05) is 26.2 Å². The molecule has 2 aromatic rings. The third-order valence-corrected chi connectivity index (χ3v) is 5.40. The Morgan fingerprint density at radius 1 is 1.14 bits per heavy atom. The summed E-state index contributed by atoms with van der Waals surface area (Å²) in [4.78, 5) is 11.8. The summed E-state index contributed by atoms with van der Waals surface area (Å²) >= 11 is 0. The van der Waals surface area contributed by atoms with Crippen molar-refractivity contribution in [3.8, 4) is 0 Å². The molecule has 1 atom stereocenters. The van der Waals surface area contributed by atoms with E-state index in [1.54, 1.807) is 0 Å². The normalized spacial score (nSPS) is 17.9. The van der Waals surface area contributed by atoms with E-state index in [1.165, 1.54) is 37.1 Å². The number of rotatable bonds is 8. The second-order valence-corrected chi connectivity index (χ2v) is 7.94. The molecule has 5 heteroatoms. The smallest absolute Gasteiger partial charge is 0.191 e. The summed E-state index contributed by atoms with van der Waals surface area (Å²) in [5.41, 5.74) is 3.80. The Labute approximate surface area is 175 Å². The van der Waals surface area contributed by atoms with Gasteiger partial charge in [0.05, 0.1) is 6.54 Å². The van der Waals surface area contributed by atoms with Crippen molar-refractivity contribution in [3.63, 3.8) is 0 Å². The van der Waals surface area contributed by atoms with E-state index in [1.807, 2.05) is 18.3 Å². The Hall–Kier alpha value is -2.40. The Bertz CT molecular complexity index is 759. The highest BCUT2D eigenvalue weighted by atomic mass is 15.2. The third-order valence-electron chi connectivity index (χ3n) is 5.40. The molecule has 1 fully saturated rings. The predicted octanol–water partition coefficient (Wildman–Crippen LogP) is 3.61. The highest BCUT2D eigenvalue weighted by Gasteiger charge is 2.17. The van der Waals surface area contributed by atoms with Crippen LogP contribution in [0.5, 0.6) is 0 Å². The number of guanidine groups is 1. The fraction of sp³-hybridized carbons (Fsp3) is 0.500. The fourth-order valence-corrected chi connectivity index (χ4v) is 3.90. The molecule has 1 aliphatic heterocycles. The van der Waals surface area contributed by atoms with Crippen molar-refractivity contribution in [1.29, 1.82) is 0 Å². The lowest BCUT2D eigenvalue weighted by Gasteiger charge is -2.31. The number of aliphatic imine (C=N–C) groups is 1. The number of hydrogen-bond donors (Lipinski definition) is 2. The van der Waals surface area contributed by atoms with Crippen LogP contribution in [0, 0.1) is 5.92 Å². The number of hydrogen-bond acceptors (Lipinski definition) is 3. The summed E-state index contributed by atoms with van der Waals surface area (Å²) in [6, 6.07) is 14.8. The predicted molar refractivity (Wildman–Crippen MR) is 121 cm³/mol. The second kappa shape index (κ2) is 11.6. The minimum Gasteiger partial charge on any atom is -0.357 e. The average Bonchev–Trinajstić information content (AvgIpc) is 2.74. The van der Waals surface area contributed by atoms with Crippen LogP contribution in [-0.4, -0.2) is 42.0 Å². The summed E-state index contributed by atoms with van der Waals surface area (Å²) in [7, 11) is 0. The van der Waals surface area contributed by atoms with Gasteiger partial charge < -0.3 is 10.6 Å². The molecule has 1 unspecified atom stereocenters. The Morgan fingerprint density at radius 2 is 1.97 bits per heavy atom. The first-order valence-electron chi connectivity index (χ1n) is 11.0. The van der Waals surface area contributed by atoms with Crippen molar-refractivity contribution in [3.05, 3.63) is 65.5 Å². The highest BCUT2D eigenvalue weighted by molar-refractivity contribution is 5.79. The molecule has 1 aliphatic rings. The fourth-order valence-electron chi connectivity index (χ4n) is 3.90. The van der Waals surface area contributed by atoms with Gasteiger partial charge in [0.2, 0.25) is 0 Å². The maximum atomic E-state index is 4.84. The van der Waals surface area contributed by atoms with E-state index in [0.717, 1.165) is 43.6 Å². The molecule has 3 rings (SSSR count). The lowest BCUT2D eigenvalue weighted by atomic mass is 9.99. The molecule has 0 radical (unpaired) electrons. The molecule has 5 nitrogen and oxygen atoms in total. The number of likely N-dealkylation sites (tertiary alicyclic amines) is 1. The molecular formula is C24H35N5. The van der Waals surface area contributed by atoms with Gasteiger partial charge >= 0.3 is 0 Å². The van der Waals surface area contributed by atoms with Crippen molar-refractivity contribution in [2.24, 2.45) is 10.9 Å². The number of nitrogens with one attached hydrogen (secondary N) is 2. The molecule has 1 saturated heterocycles. The number of aromatic nitrogens is 1. The van der Waals surface area contributed by atoms with Crippen molar-refractivity contribution < 1.29 is 0 Å². The van der Waals surface area contributed by atoms with Crippen LogP contribution in [0.1, 0.15) is 43.5 Å². The largest absolute Gasteiger partial charge is 0.357 e. The molecule has 0 amide bonds. The molecule has 2 heterocycles. The first kappa shape index (κ1) is 21.3. The van der Waals surface area contributed by atoms with E-state index in [-0.39, 0.29) is 0 Å². The summed E-state index contributed by atoms with van der Waals surface area (Å²) in [6.45, 7) is 10.3. The summed E-state index contributed by atoms with van der Waals surface area (Å²) in [5.74, 6) is 1.67. The van der Waals surface area contributed by atoms with Crippen molar-refractivity contribution in [2.45, 2.75) is 46.2 Å². The van der Waals surface area contributed by atoms with Gasteiger partial charge in [-0.05, 0) is 55.5 Å². The number of nitrogens with zero attached hydrogens (tertiary/aromatic N) is 3. The quantitative estimate of drug-likeness (QED) is 0.531. The van der Waals surface area contributed by atoms with Gasteiger partial charge in [-0.1, -0.05) is 37.3 Å². The summed E-state index contributed by atoms with van der Waals surface area (Å²) in [5, 5.41) is 6.79. The van der Waals surface area contributed by atoms with E-state index in [0.29, 0.717) is 6.54 Å². The van der Waals surface area contributed by atoms with Gasteiger partial charge in [-0.15, -0.1) is 0 Å². The Kier molecular flexibility index (Phi) is 8.50. The SMILES string of the molecule is CCNC(=NCc1ccccc1CN1CCCC(C)C1)NCCc1ccccn1. The lowest BCUT2D eigenvalue weighted by Crippen LogP contribution is -2.38. The topological polar surface area (TPSA) is 52.6 Å². The number of benzene rings is 1. The first-order chi connectivity index (χ1) is 14.2. The second-order valence-electron chi connectivity index (χ2n) is 7.94. The van der Waals surface area contributed by atoms with Gasteiger partial charge in [0.15, 0.2) is 5.96 Å². The van der Waals surface area contributed by atoms with Crippen molar-refractivity contribution in [1.82, 2.24) is 20.5 Å². The van der Waals surface area contributed by atoms with Gasteiger partial charge in [-0.25, -0.2) is 4.99 Å². The molecule has 1 aromatic carbocycles. The van der Waals surface area contributed by atoms with Crippen LogP contribution in [0.25, 0.3) is 0 Å². The molecular weight excluding hydrogens is 358 g/mol. The van der Waals surface area contributed by atoms with Gasteiger partial charge in [0, 0.05) is 44.5 Å². The molecule has 0 aliphatic carbocycles. The lowest BCUT2D eigenvalue weighted by molar-refractivity contribution is 0.176. The zero-order valence-electron chi connectivity index (χ0n) is 17.9. The van der Waals surface area contributed by atoms with Crippen LogP contribution in [0.2, 0.25) is 0 Å². The van der Waals surface area contributed by atoms with E-state index in [9.17, 15) is 0 Å². The van der Waals surface area contributed by atoms with E-state index in [4.69, 9.17) is 4.99 Å². The standard InChI is InChI=1S/C24H35N5/c1-3-25-24(27-15-13-23-12-6-7-14-26-23)28-17-21-10-4-5-11-22(21)19-29-16-8-9-20(2)18-29/h4-7,10-12,14,20H,3,8-9,13,15-19H2,1-2H3,(H2,25,27,28). The van der Waals surface area contributed by atoms with Gasteiger partial charge in [-0.3, -0.25) is 9.88 Å². The Balaban J connectivity index is 1.58. The van der Waals surface area contributed by atoms with Crippen LogP contribution >= 0.6 is 0 Å². The van der Waals surface area contributed by atoms with Gasteiger partial charge in [0.25, 0.3) is 0 Å². The third kappa shape index (κ3) is 7.17. The molecule has 0 bridgehead atoms. The van der Waals surface area contributed by atoms with Gasteiger partial charge in [0.1, 0.15) is 0 Å². The van der Waals surface area contributed by atoms with Crippen LogP contribution in [-0.2, 0) is 19.5 Å². The van der Waals surface area contributed by atoms with E-state index < -0.39 is 0 Å². The minimum atomic E-state index is 0.693. The van der Waals surface area contributed by atoms with Crippen LogP contribution in [0.3, 0.4) is 0 Å². The summed E-state index contributed by atoms with van der Waals surface area (Å²) < 4.78 is 0. The van der Waals surface area contributed by atoms with Crippen LogP contribution < -0.4 is 10.6 Å². The zero-order chi connectivity index (χ0) is 20.3. The van der Waals surface area contributed by atoms with Gasteiger partial charge in [-0.2, -0.15) is 0 Å². The van der Waals surface area contributed by atoms with Crippen molar-refractivity contribution >= 4 is 5.96 Å². The zero-order valence-corrected chi connectivity index (χ0v) is 17.9. The van der Waals surface area contributed by atoms with E-state index in [2.05, 4.69) is 64.7 Å². The average molecular weight is 394 g/mol. The first-order valence-corrected chi connectivity index (χ1v) is 11.0. The molecule has 29 heavy (non-hydrogen) atoms. The minimum absolute atomic E-state index is 0.693. The molecule has 2 N–H and O–H groups in total. The number of pyridine rings is 1. The monoisotopic (exact) mass is 393 g/mol. The van der Waals surface area contributed by atoms with Crippen LogP contribution in [0.15, 0.2) is 53.7 Å². The highest BCUT2D eigenvalue weighted by Crippen LogP contribution is 2.20. The molecule has 156 valence electrons. The molecule has 0 saturated carbocycles. The van der Waals surface area contributed by atoms with E-state index >= 15 is 0 Å². The molecule has 0 spiro atoms. The van der Waals surface area contributed by atoms with Crippen LogP contribution in [0.4, 0.5) is 0 Å². The summed E-state index contributed by atoms with van der Waals surface area (Å²) in [6.07, 6.45) is 5.40. The number of piperidine rings is 1. The Morgan fingerprint density at radius 3 is 2.72 bits per heavy atom. The maximum absolute atomic E-state index is 4.84. The molecule has 1 aromatic heterocycles. The maximum Gasteiger partial charge on any atom is 0.191 e.